The average Bonchev–Trinajstić information content (AvgIpc) is 3.32. The number of aromatic nitrogens is 1. The van der Waals surface area contributed by atoms with E-state index in [1.165, 1.54) is 18.4 Å². The number of para-hydroxylation sites is 1. The molecule has 0 saturated heterocycles. The molecule has 5 nitrogen and oxygen atoms in total. The zero-order chi connectivity index (χ0) is 25.2. The zero-order valence-corrected chi connectivity index (χ0v) is 21.0. The molecule has 2 aromatic heterocycles. The minimum Gasteiger partial charge on any atom is -0.465 e. The van der Waals surface area contributed by atoms with E-state index in [2.05, 4.69) is 5.32 Å². The van der Waals surface area contributed by atoms with Crippen molar-refractivity contribution in [3.63, 3.8) is 0 Å². The summed E-state index contributed by atoms with van der Waals surface area (Å²) in [5.41, 5.74) is 6.79. The number of carbonyl (C=O) groups is 2. The smallest absolute Gasteiger partial charge is 0.341 e. The van der Waals surface area contributed by atoms with Crippen molar-refractivity contribution in [2.75, 3.05) is 12.4 Å². The Bertz CT molecular complexity index is 1590. The molecule has 0 aliphatic rings. The van der Waals surface area contributed by atoms with Crippen LogP contribution in [0.2, 0.25) is 0 Å². The van der Waals surface area contributed by atoms with Crippen LogP contribution in [-0.4, -0.2) is 24.0 Å². The summed E-state index contributed by atoms with van der Waals surface area (Å²) in [6.45, 7) is 3.92. The Morgan fingerprint density at radius 3 is 2.25 bits per heavy atom. The molecule has 0 atom stereocenters. The standard InChI is InChI=1S/C30H24N2O3S/c1-18-13-15-20(16-14-18)23-17-36-29(26(23)30(34)35-3)32-28(33)25-19(2)27(21-9-5-4-6-10-21)31-24-12-8-7-11-22(24)25/h4-17H,1-3H3,(H,32,33). The van der Waals surface area contributed by atoms with Gasteiger partial charge >= 0.3 is 5.97 Å². The van der Waals surface area contributed by atoms with E-state index >= 15 is 0 Å². The highest BCUT2D eigenvalue weighted by Crippen LogP contribution is 2.37. The molecule has 0 unspecified atom stereocenters. The van der Waals surface area contributed by atoms with Gasteiger partial charge in [-0.1, -0.05) is 78.4 Å². The van der Waals surface area contributed by atoms with E-state index in [1.807, 2.05) is 98.1 Å². The van der Waals surface area contributed by atoms with Crippen LogP contribution >= 0.6 is 11.3 Å². The van der Waals surface area contributed by atoms with Gasteiger partial charge in [-0.15, -0.1) is 11.3 Å². The number of hydrogen-bond donors (Lipinski definition) is 1. The number of esters is 1. The van der Waals surface area contributed by atoms with Crippen molar-refractivity contribution in [2.24, 2.45) is 0 Å². The van der Waals surface area contributed by atoms with Gasteiger partial charge in [0.2, 0.25) is 0 Å². The Morgan fingerprint density at radius 1 is 0.833 bits per heavy atom. The highest BCUT2D eigenvalue weighted by molar-refractivity contribution is 7.15. The maximum Gasteiger partial charge on any atom is 0.341 e. The van der Waals surface area contributed by atoms with Crippen LogP contribution in [0.3, 0.4) is 0 Å². The van der Waals surface area contributed by atoms with Gasteiger partial charge in [0.05, 0.1) is 23.9 Å². The highest BCUT2D eigenvalue weighted by Gasteiger charge is 2.25. The van der Waals surface area contributed by atoms with Crippen LogP contribution in [0, 0.1) is 13.8 Å². The Hall–Kier alpha value is -4.29. The Labute approximate surface area is 213 Å². The lowest BCUT2D eigenvalue weighted by Gasteiger charge is -2.15. The molecule has 5 aromatic rings. The number of rotatable bonds is 5. The molecule has 0 bridgehead atoms. The number of methoxy groups -OCH3 is 1. The number of carbonyl (C=O) groups excluding carboxylic acids is 2. The minimum atomic E-state index is -0.497. The summed E-state index contributed by atoms with van der Waals surface area (Å²) in [5, 5.41) is 6.08. The summed E-state index contributed by atoms with van der Waals surface area (Å²) in [5.74, 6) is -0.797. The fraction of sp³-hybridized carbons (Fsp3) is 0.100. The zero-order valence-electron chi connectivity index (χ0n) is 20.2. The van der Waals surface area contributed by atoms with Crippen molar-refractivity contribution in [1.29, 1.82) is 0 Å². The molecule has 1 N–H and O–H groups in total. The van der Waals surface area contributed by atoms with Crippen molar-refractivity contribution in [3.8, 4) is 22.4 Å². The number of thiophene rings is 1. The predicted octanol–water partition coefficient (Wildman–Crippen LogP) is 7.29. The molecule has 0 radical (unpaired) electrons. The molecule has 3 aromatic carbocycles. The third kappa shape index (κ3) is 4.27. The third-order valence-electron chi connectivity index (χ3n) is 6.18. The van der Waals surface area contributed by atoms with Crippen molar-refractivity contribution in [1.82, 2.24) is 4.98 Å². The number of nitrogens with zero attached hydrogens (tertiary/aromatic N) is 1. The monoisotopic (exact) mass is 492 g/mol. The van der Waals surface area contributed by atoms with Crippen LogP contribution < -0.4 is 5.32 Å². The van der Waals surface area contributed by atoms with Gasteiger partial charge in [0.15, 0.2) is 0 Å². The summed E-state index contributed by atoms with van der Waals surface area (Å²) in [6.07, 6.45) is 0. The SMILES string of the molecule is COC(=O)c1c(-c2ccc(C)cc2)csc1NC(=O)c1c(C)c(-c2ccccc2)nc2ccccc12. The normalized spacial score (nSPS) is 10.9. The molecule has 5 rings (SSSR count). The van der Waals surface area contributed by atoms with Crippen LogP contribution in [0.25, 0.3) is 33.3 Å². The third-order valence-corrected chi connectivity index (χ3v) is 7.08. The minimum absolute atomic E-state index is 0.300. The van der Waals surface area contributed by atoms with E-state index in [-0.39, 0.29) is 5.91 Å². The molecule has 178 valence electrons. The fourth-order valence-electron chi connectivity index (χ4n) is 4.34. The first-order valence-electron chi connectivity index (χ1n) is 11.5. The second kappa shape index (κ2) is 9.76. The van der Waals surface area contributed by atoms with E-state index in [1.54, 1.807) is 0 Å². The number of aryl methyl sites for hydroxylation is 1. The van der Waals surface area contributed by atoms with Crippen LogP contribution in [0.15, 0.2) is 84.2 Å². The summed E-state index contributed by atoms with van der Waals surface area (Å²) in [4.78, 5) is 31.5. The number of benzene rings is 3. The quantitative estimate of drug-likeness (QED) is 0.262. The van der Waals surface area contributed by atoms with Gasteiger partial charge in [0, 0.05) is 21.9 Å². The van der Waals surface area contributed by atoms with Gasteiger partial charge in [-0.05, 0) is 31.0 Å². The van der Waals surface area contributed by atoms with E-state index in [0.29, 0.717) is 16.1 Å². The topological polar surface area (TPSA) is 68.3 Å². The molecule has 6 heteroatoms. The summed E-state index contributed by atoms with van der Waals surface area (Å²) in [7, 11) is 1.34. The van der Waals surface area contributed by atoms with Crippen molar-refractivity contribution in [3.05, 3.63) is 106 Å². The van der Waals surface area contributed by atoms with Gasteiger partial charge in [-0.2, -0.15) is 0 Å². The second-order valence-corrected chi connectivity index (χ2v) is 9.39. The Balaban J connectivity index is 1.62. The molecule has 0 aliphatic carbocycles. The summed E-state index contributed by atoms with van der Waals surface area (Å²) < 4.78 is 5.09. The molecule has 36 heavy (non-hydrogen) atoms. The van der Waals surface area contributed by atoms with Crippen LogP contribution in [-0.2, 0) is 4.74 Å². The summed E-state index contributed by atoms with van der Waals surface area (Å²) >= 11 is 1.31. The lowest BCUT2D eigenvalue weighted by molar-refractivity contribution is 0.0603. The van der Waals surface area contributed by atoms with E-state index in [0.717, 1.165) is 44.4 Å². The molecular formula is C30H24N2O3S. The van der Waals surface area contributed by atoms with E-state index in [4.69, 9.17) is 9.72 Å². The van der Waals surface area contributed by atoms with Crippen LogP contribution in [0.5, 0.6) is 0 Å². The number of amides is 1. The number of anilines is 1. The first kappa shape index (κ1) is 23.5. The van der Waals surface area contributed by atoms with E-state index in [9.17, 15) is 9.59 Å². The molecular weight excluding hydrogens is 468 g/mol. The van der Waals surface area contributed by atoms with Gasteiger partial charge in [-0.3, -0.25) is 4.79 Å². The number of hydrogen-bond acceptors (Lipinski definition) is 5. The number of nitrogens with one attached hydrogen (secondary N) is 1. The number of fused-ring (bicyclic) bond motifs is 1. The molecule has 2 heterocycles. The van der Waals surface area contributed by atoms with E-state index < -0.39 is 5.97 Å². The van der Waals surface area contributed by atoms with Gasteiger partial charge in [0.25, 0.3) is 5.91 Å². The maximum atomic E-state index is 13.8. The first-order valence-corrected chi connectivity index (χ1v) is 12.4. The molecule has 0 aliphatic heterocycles. The lowest BCUT2D eigenvalue weighted by atomic mass is 9.97. The lowest BCUT2D eigenvalue weighted by Crippen LogP contribution is -2.17. The average molecular weight is 493 g/mol. The van der Waals surface area contributed by atoms with Crippen molar-refractivity contribution < 1.29 is 14.3 Å². The largest absolute Gasteiger partial charge is 0.465 e. The van der Waals surface area contributed by atoms with Crippen LogP contribution in [0.1, 0.15) is 31.8 Å². The van der Waals surface area contributed by atoms with Gasteiger partial charge < -0.3 is 10.1 Å². The predicted molar refractivity (Wildman–Crippen MR) is 146 cm³/mol. The maximum absolute atomic E-state index is 13.8. The van der Waals surface area contributed by atoms with Gasteiger partial charge in [0.1, 0.15) is 10.6 Å². The first-order chi connectivity index (χ1) is 17.5. The Morgan fingerprint density at radius 2 is 1.53 bits per heavy atom. The molecule has 0 spiro atoms. The number of ether oxygens (including phenoxy) is 1. The molecule has 0 saturated carbocycles. The Kier molecular flexibility index (Phi) is 6.36. The van der Waals surface area contributed by atoms with Crippen molar-refractivity contribution >= 4 is 39.1 Å². The second-order valence-electron chi connectivity index (χ2n) is 8.51. The van der Waals surface area contributed by atoms with Crippen molar-refractivity contribution in [2.45, 2.75) is 13.8 Å². The van der Waals surface area contributed by atoms with Gasteiger partial charge in [-0.25, -0.2) is 9.78 Å². The summed E-state index contributed by atoms with van der Waals surface area (Å²) in [6, 6.07) is 25.3. The highest BCUT2D eigenvalue weighted by atomic mass is 32.1. The van der Waals surface area contributed by atoms with Crippen LogP contribution in [0.4, 0.5) is 5.00 Å². The molecule has 1 amide bonds. The fourth-order valence-corrected chi connectivity index (χ4v) is 5.30. The molecule has 0 fully saturated rings. The number of pyridine rings is 1.